The number of rotatable bonds is 2. The van der Waals surface area contributed by atoms with E-state index in [4.69, 9.17) is 0 Å². The van der Waals surface area contributed by atoms with Gasteiger partial charge in [0.25, 0.3) is 0 Å². The number of halogens is 6. The Balaban J connectivity index is 0.00000361. The van der Waals surface area contributed by atoms with Crippen LogP contribution in [0, 0.1) is 0 Å². The molecule has 0 unspecified atom stereocenters. The van der Waals surface area contributed by atoms with Gasteiger partial charge in [-0.1, -0.05) is 31.8 Å². The second kappa shape index (κ2) is 6.04. The van der Waals surface area contributed by atoms with E-state index in [2.05, 4.69) is 4.98 Å². The first-order valence-electron chi connectivity index (χ1n) is 5.31. The fourth-order valence-corrected chi connectivity index (χ4v) is 2.29. The Labute approximate surface area is 126 Å². The zero-order valence-corrected chi connectivity index (χ0v) is 12.4. The normalized spacial score (nSPS) is 12.8. The van der Waals surface area contributed by atoms with Crippen LogP contribution in [0.5, 0.6) is 0 Å². The van der Waals surface area contributed by atoms with E-state index in [1.807, 2.05) is 0 Å². The van der Waals surface area contributed by atoms with E-state index in [1.165, 1.54) is 0 Å². The Kier molecular flexibility index (Phi) is 5.86. The average Bonchev–Trinajstić information content (AvgIpc) is 2.11. The van der Waals surface area contributed by atoms with Gasteiger partial charge in [-0.15, -0.1) is 5.69 Å². The number of benzene rings is 1. The Morgan fingerprint density at radius 3 is 1.40 bits per heavy atom. The van der Waals surface area contributed by atoms with Crippen LogP contribution in [0.25, 0.3) is 4.98 Å². The molecule has 0 heterocycles. The summed E-state index contributed by atoms with van der Waals surface area (Å²) in [5, 5.41) is 0. The van der Waals surface area contributed by atoms with Gasteiger partial charge in [0.1, 0.15) is 0 Å². The predicted molar refractivity (Wildman–Crippen MR) is 62.8 cm³/mol. The van der Waals surface area contributed by atoms with Crippen LogP contribution in [0.1, 0.15) is 11.1 Å². The largest absolute Gasteiger partial charge is 1.00 e. The first-order chi connectivity index (χ1) is 8.29. The summed E-state index contributed by atoms with van der Waals surface area (Å²) in [5.41, 5.74) is -2.94. The maximum Gasteiger partial charge on any atom is 1.00 e. The van der Waals surface area contributed by atoms with E-state index in [-0.39, 0.29) is 30.6 Å². The Hall–Kier alpha value is -0.586. The van der Waals surface area contributed by atoms with E-state index in [0.29, 0.717) is 12.1 Å². The van der Waals surface area contributed by atoms with Gasteiger partial charge >= 0.3 is 31.2 Å². The number of hydrogen-bond acceptors (Lipinski definition) is 0. The minimum atomic E-state index is -4.83. The molecule has 0 aliphatic carbocycles. The maximum atomic E-state index is 12.6. The molecule has 0 aromatic heterocycles. The summed E-state index contributed by atoms with van der Waals surface area (Å²) >= 11 is 0. The molecule has 1 rings (SSSR count). The molecular weight excluding hydrogens is 295 g/mol. The van der Waals surface area contributed by atoms with E-state index < -0.39 is 31.7 Å². The van der Waals surface area contributed by atoms with Crippen LogP contribution in [-0.2, 0) is 12.4 Å². The smallest absolute Gasteiger partial charge is 0.687 e. The average molecular weight is 307 g/mol. The molecular formula is C11H12F6LiNSi. The molecule has 0 saturated heterocycles. The minimum absolute atomic E-state index is 0. The van der Waals surface area contributed by atoms with Crippen molar-refractivity contribution < 1.29 is 45.2 Å². The molecule has 0 fully saturated rings. The van der Waals surface area contributed by atoms with Crippen molar-refractivity contribution in [2.75, 3.05) is 0 Å². The molecule has 0 N–H and O–H groups in total. The van der Waals surface area contributed by atoms with Crippen molar-refractivity contribution in [1.29, 1.82) is 0 Å². The predicted octanol–water partition coefficient (Wildman–Crippen LogP) is 2.57. The summed E-state index contributed by atoms with van der Waals surface area (Å²) < 4.78 is 75.4. The molecule has 108 valence electrons. The van der Waals surface area contributed by atoms with E-state index in [1.54, 1.807) is 19.6 Å². The van der Waals surface area contributed by atoms with Gasteiger partial charge in [-0.2, -0.15) is 26.3 Å². The second-order valence-corrected chi connectivity index (χ2v) is 9.61. The van der Waals surface area contributed by atoms with Crippen molar-refractivity contribution in [2.24, 2.45) is 0 Å². The molecule has 0 saturated carbocycles. The number of nitrogens with zero attached hydrogens (tertiary/aromatic N) is 1. The van der Waals surface area contributed by atoms with E-state index >= 15 is 0 Å². The van der Waals surface area contributed by atoms with Gasteiger partial charge in [-0.05, 0) is 14.3 Å². The second-order valence-electron chi connectivity index (χ2n) is 5.05. The van der Waals surface area contributed by atoms with Crippen LogP contribution in [-0.4, -0.2) is 8.24 Å². The summed E-state index contributed by atoms with van der Waals surface area (Å²) in [5.74, 6) is 0. The molecule has 0 atom stereocenters. The molecule has 0 spiro atoms. The Morgan fingerprint density at radius 2 is 1.15 bits per heavy atom. The van der Waals surface area contributed by atoms with Crippen molar-refractivity contribution in [3.05, 3.63) is 34.3 Å². The monoisotopic (exact) mass is 307 g/mol. The molecule has 0 radical (unpaired) electrons. The van der Waals surface area contributed by atoms with Gasteiger partial charge in [-0.25, -0.2) is 0 Å². The van der Waals surface area contributed by atoms with Gasteiger partial charge < -0.3 is 4.98 Å². The third kappa shape index (κ3) is 5.81. The van der Waals surface area contributed by atoms with Crippen molar-refractivity contribution in [2.45, 2.75) is 32.0 Å². The van der Waals surface area contributed by atoms with Crippen LogP contribution in [0.4, 0.5) is 32.0 Å². The van der Waals surface area contributed by atoms with Crippen molar-refractivity contribution in [3.8, 4) is 0 Å². The molecule has 0 aliphatic rings. The first kappa shape index (κ1) is 19.4. The molecule has 9 heteroatoms. The molecule has 1 aromatic carbocycles. The first-order valence-corrected chi connectivity index (χ1v) is 8.76. The standard InChI is InChI=1S/C11H12F6NSi.Li/c1-19(2,3)18-9-5-7(10(12,13)14)4-8(6-9)11(15,16)17;/h4-6H,1-3H3;/q-1;+1. The zero-order chi connectivity index (χ0) is 15.1. The molecule has 0 aliphatic heterocycles. The van der Waals surface area contributed by atoms with E-state index in [0.717, 1.165) is 0 Å². The Bertz CT molecular complexity index is 431. The SMILES string of the molecule is C[Si](C)(C)[N-]c1cc(C(F)(F)F)cc(C(F)(F)F)c1.[Li+]. The summed E-state index contributed by atoms with van der Waals surface area (Å²) in [6.45, 7) is 5.17. The van der Waals surface area contributed by atoms with Gasteiger partial charge in [-0.3, -0.25) is 0 Å². The zero-order valence-electron chi connectivity index (χ0n) is 11.4. The van der Waals surface area contributed by atoms with Gasteiger partial charge in [0.2, 0.25) is 0 Å². The molecule has 20 heavy (non-hydrogen) atoms. The van der Waals surface area contributed by atoms with Crippen molar-refractivity contribution >= 4 is 13.9 Å². The van der Waals surface area contributed by atoms with Crippen LogP contribution < -0.4 is 18.9 Å². The number of hydrogen-bond donors (Lipinski definition) is 0. The fourth-order valence-electron chi connectivity index (χ4n) is 1.39. The van der Waals surface area contributed by atoms with Crippen LogP contribution in [0.15, 0.2) is 18.2 Å². The Morgan fingerprint density at radius 1 is 0.800 bits per heavy atom. The molecule has 0 amide bonds. The summed E-state index contributed by atoms with van der Waals surface area (Å²) in [7, 11) is -2.17. The van der Waals surface area contributed by atoms with Crippen LogP contribution >= 0.6 is 0 Å². The third-order valence-corrected chi connectivity index (χ3v) is 2.97. The topological polar surface area (TPSA) is 14.1 Å². The van der Waals surface area contributed by atoms with Crippen molar-refractivity contribution in [1.82, 2.24) is 0 Å². The quantitative estimate of drug-likeness (QED) is 0.589. The van der Waals surface area contributed by atoms with Gasteiger partial charge in [0, 0.05) is 0 Å². The fraction of sp³-hybridized carbons (Fsp3) is 0.455. The van der Waals surface area contributed by atoms with E-state index in [9.17, 15) is 26.3 Å². The van der Waals surface area contributed by atoms with Crippen LogP contribution in [0.3, 0.4) is 0 Å². The summed E-state index contributed by atoms with van der Waals surface area (Å²) in [6, 6.07) is 1.39. The van der Waals surface area contributed by atoms with Crippen LogP contribution in [0.2, 0.25) is 19.6 Å². The van der Waals surface area contributed by atoms with Crippen molar-refractivity contribution in [3.63, 3.8) is 0 Å². The van der Waals surface area contributed by atoms with Gasteiger partial charge in [0.15, 0.2) is 0 Å². The maximum absolute atomic E-state index is 12.6. The summed E-state index contributed by atoms with van der Waals surface area (Å²) in [6.07, 6.45) is -9.66. The summed E-state index contributed by atoms with van der Waals surface area (Å²) in [4.78, 5) is 3.98. The molecule has 0 bridgehead atoms. The molecule has 1 nitrogen and oxygen atoms in total. The molecule has 1 aromatic rings. The minimum Gasteiger partial charge on any atom is -0.687 e. The van der Waals surface area contributed by atoms with Gasteiger partial charge in [0.05, 0.1) is 11.1 Å². The third-order valence-electron chi connectivity index (χ3n) is 2.04. The number of alkyl halides is 6.